The Kier molecular flexibility index (Phi) is 3.59. The molecule has 0 amide bonds. The van der Waals surface area contributed by atoms with Gasteiger partial charge in [-0.15, -0.1) is 0 Å². The van der Waals surface area contributed by atoms with Crippen molar-refractivity contribution in [1.82, 2.24) is 0 Å². The number of hydrogen-bond donors (Lipinski definition) is 1. The van der Waals surface area contributed by atoms with Gasteiger partial charge in [-0.1, -0.05) is 6.92 Å². The lowest BCUT2D eigenvalue weighted by Crippen LogP contribution is -2.58. The van der Waals surface area contributed by atoms with Gasteiger partial charge >= 0.3 is 5.97 Å². The number of fused-ring (bicyclic) bond motifs is 5. The summed E-state index contributed by atoms with van der Waals surface area (Å²) < 4.78 is 5.81. The molecule has 6 atom stereocenters. The van der Waals surface area contributed by atoms with E-state index in [1.54, 1.807) is 0 Å². The van der Waals surface area contributed by atoms with Crippen molar-refractivity contribution in [1.29, 1.82) is 0 Å². The largest absolute Gasteiger partial charge is 0.515 e. The zero-order valence-electron chi connectivity index (χ0n) is 14.7. The first-order chi connectivity index (χ1) is 11.4. The topological polar surface area (TPSA) is 63.6 Å². The first kappa shape index (κ1) is 16.2. The second-order valence-electron chi connectivity index (χ2n) is 8.98. The number of ether oxygens (including phenoxy) is 1. The number of esters is 1. The summed E-state index contributed by atoms with van der Waals surface area (Å²) in [5.41, 5.74) is 0.409. The molecule has 0 radical (unpaired) electrons. The Bertz CT molecular complexity index is 609. The van der Waals surface area contributed by atoms with Crippen LogP contribution in [0.5, 0.6) is 0 Å². The van der Waals surface area contributed by atoms with Crippen LogP contribution in [0.4, 0.5) is 0 Å². The van der Waals surface area contributed by atoms with Crippen LogP contribution in [0.15, 0.2) is 11.8 Å². The van der Waals surface area contributed by atoms with E-state index >= 15 is 0 Å². The Labute approximate surface area is 143 Å². The highest BCUT2D eigenvalue weighted by atomic mass is 16.6. The highest BCUT2D eigenvalue weighted by Crippen LogP contribution is 2.63. The Morgan fingerprint density at radius 3 is 2.67 bits per heavy atom. The number of aliphatic hydroxyl groups is 1. The fourth-order valence-electron chi connectivity index (χ4n) is 6.64. The number of rotatable bonds is 0. The number of aliphatic hydroxyl groups excluding tert-OH is 1. The van der Waals surface area contributed by atoms with E-state index in [-0.39, 0.29) is 22.8 Å². The zero-order chi connectivity index (χ0) is 17.1. The third-order valence-corrected chi connectivity index (χ3v) is 7.92. The van der Waals surface area contributed by atoms with E-state index in [0.717, 1.165) is 38.4 Å². The lowest BCUT2D eigenvalue weighted by molar-refractivity contribution is -0.201. The third kappa shape index (κ3) is 2.18. The molecule has 132 valence electrons. The molecule has 0 unspecified atom stereocenters. The Morgan fingerprint density at radius 1 is 1.12 bits per heavy atom. The van der Waals surface area contributed by atoms with Gasteiger partial charge in [-0.3, -0.25) is 9.59 Å². The van der Waals surface area contributed by atoms with Crippen LogP contribution in [0.25, 0.3) is 0 Å². The summed E-state index contributed by atoms with van der Waals surface area (Å²) in [4.78, 5) is 24.0. The van der Waals surface area contributed by atoms with Crippen molar-refractivity contribution in [2.24, 2.45) is 29.1 Å². The number of allylic oxidation sites excluding steroid dienone is 1. The van der Waals surface area contributed by atoms with E-state index in [1.165, 1.54) is 0 Å². The van der Waals surface area contributed by atoms with Gasteiger partial charge in [0, 0.05) is 24.3 Å². The Balaban J connectivity index is 1.65. The van der Waals surface area contributed by atoms with E-state index < -0.39 is 0 Å². The Morgan fingerprint density at radius 2 is 1.92 bits per heavy atom. The van der Waals surface area contributed by atoms with Crippen LogP contribution in [0.1, 0.15) is 65.2 Å². The number of hydrogen-bond acceptors (Lipinski definition) is 4. The van der Waals surface area contributed by atoms with Crippen molar-refractivity contribution in [3.8, 4) is 0 Å². The molecular formula is C20H28O4. The van der Waals surface area contributed by atoms with E-state index in [1.807, 2.05) is 0 Å². The third-order valence-electron chi connectivity index (χ3n) is 7.92. The highest BCUT2D eigenvalue weighted by Gasteiger charge is 2.59. The molecule has 0 bridgehead atoms. The monoisotopic (exact) mass is 332 g/mol. The lowest BCUT2D eigenvalue weighted by Gasteiger charge is -2.61. The molecular weight excluding hydrogens is 304 g/mol. The van der Waals surface area contributed by atoms with Crippen molar-refractivity contribution in [3.05, 3.63) is 11.8 Å². The second-order valence-corrected chi connectivity index (χ2v) is 8.98. The van der Waals surface area contributed by atoms with Crippen molar-refractivity contribution in [2.75, 3.05) is 0 Å². The van der Waals surface area contributed by atoms with Gasteiger partial charge in [0.1, 0.15) is 5.60 Å². The highest BCUT2D eigenvalue weighted by molar-refractivity contribution is 5.96. The van der Waals surface area contributed by atoms with Gasteiger partial charge in [0.25, 0.3) is 0 Å². The molecule has 0 spiro atoms. The van der Waals surface area contributed by atoms with Crippen molar-refractivity contribution >= 4 is 11.8 Å². The molecule has 3 aliphatic carbocycles. The lowest BCUT2D eigenvalue weighted by atomic mass is 9.45. The van der Waals surface area contributed by atoms with Crippen LogP contribution in [-0.4, -0.2) is 22.5 Å². The molecule has 4 fully saturated rings. The van der Waals surface area contributed by atoms with Gasteiger partial charge in [-0.05, 0) is 68.6 Å². The van der Waals surface area contributed by atoms with Gasteiger partial charge < -0.3 is 9.84 Å². The summed E-state index contributed by atoms with van der Waals surface area (Å²) in [5.74, 6) is 2.11. The first-order valence-corrected chi connectivity index (χ1v) is 9.46. The maximum Gasteiger partial charge on any atom is 0.306 e. The quantitative estimate of drug-likeness (QED) is 0.414. The molecule has 0 aromatic carbocycles. The number of Topliss-reactive ketones (excluding diaryl/α,β-unsaturated/α-hetero) is 1. The molecule has 4 aliphatic rings. The normalized spacial score (nSPS) is 49.8. The fourth-order valence-corrected chi connectivity index (χ4v) is 6.64. The van der Waals surface area contributed by atoms with Crippen LogP contribution >= 0.6 is 0 Å². The smallest absolute Gasteiger partial charge is 0.306 e. The maximum absolute atomic E-state index is 12.2. The summed E-state index contributed by atoms with van der Waals surface area (Å²) in [6.07, 6.45) is 8.05. The first-order valence-electron chi connectivity index (χ1n) is 9.46. The predicted molar refractivity (Wildman–Crippen MR) is 89.2 cm³/mol. The van der Waals surface area contributed by atoms with Crippen LogP contribution in [0.3, 0.4) is 0 Å². The molecule has 3 saturated carbocycles. The minimum Gasteiger partial charge on any atom is -0.515 e. The summed E-state index contributed by atoms with van der Waals surface area (Å²) in [6.45, 7) is 4.46. The average molecular weight is 332 g/mol. The van der Waals surface area contributed by atoms with Crippen LogP contribution < -0.4 is 0 Å². The van der Waals surface area contributed by atoms with Crippen LogP contribution in [0.2, 0.25) is 0 Å². The van der Waals surface area contributed by atoms with E-state index in [9.17, 15) is 14.7 Å². The van der Waals surface area contributed by atoms with Gasteiger partial charge in [0.15, 0.2) is 5.78 Å². The molecule has 1 heterocycles. The molecule has 4 rings (SSSR count). The van der Waals surface area contributed by atoms with Gasteiger partial charge in [0.05, 0.1) is 6.26 Å². The van der Waals surface area contributed by atoms with Gasteiger partial charge in [-0.2, -0.15) is 0 Å². The zero-order valence-corrected chi connectivity index (χ0v) is 14.7. The number of carbonyl (C=O) groups is 2. The SMILES string of the molecule is C[C@]12C/C(=C/O)C(=O)C[C@@H]1CC[C@@H]1[C@@H]2CC[C@]2(C)OC(=O)CC[C@@H]12. The molecule has 1 aliphatic heterocycles. The minimum atomic E-state index is -0.292. The van der Waals surface area contributed by atoms with Crippen molar-refractivity contribution in [2.45, 2.75) is 70.8 Å². The standard InChI is InChI=1S/C20H28O4/c1-19-10-12(11-21)17(22)9-13(19)3-4-14-15(19)7-8-20(2)16(14)5-6-18(23)24-20/h11,13-16,21H,3-10H2,1-2H3/b12-11-/t13-,14+,15-,16-,19-,20-/m0/s1. The van der Waals surface area contributed by atoms with E-state index in [0.29, 0.717) is 48.5 Å². The molecule has 0 aromatic heterocycles. The van der Waals surface area contributed by atoms with Crippen LogP contribution in [0, 0.1) is 29.1 Å². The second kappa shape index (κ2) is 5.34. The number of ketones is 1. The summed E-state index contributed by atoms with van der Waals surface area (Å²) in [7, 11) is 0. The number of carbonyl (C=O) groups excluding carboxylic acids is 2. The molecule has 1 N–H and O–H groups in total. The summed E-state index contributed by atoms with van der Waals surface area (Å²) in [6, 6.07) is 0. The average Bonchev–Trinajstić information content (AvgIpc) is 2.53. The van der Waals surface area contributed by atoms with Gasteiger partial charge in [-0.25, -0.2) is 0 Å². The molecule has 4 nitrogen and oxygen atoms in total. The van der Waals surface area contributed by atoms with E-state index in [2.05, 4.69) is 13.8 Å². The minimum absolute atomic E-state index is 0.0409. The summed E-state index contributed by atoms with van der Waals surface area (Å²) >= 11 is 0. The van der Waals surface area contributed by atoms with Crippen molar-refractivity contribution in [3.63, 3.8) is 0 Å². The van der Waals surface area contributed by atoms with E-state index in [4.69, 9.17) is 4.74 Å². The predicted octanol–water partition coefficient (Wildman–Crippen LogP) is 3.95. The molecule has 0 aromatic rings. The fraction of sp³-hybridized carbons (Fsp3) is 0.800. The molecule has 24 heavy (non-hydrogen) atoms. The summed E-state index contributed by atoms with van der Waals surface area (Å²) in [5, 5.41) is 9.48. The maximum atomic E-state index is 12.2. The Hall–Kier alpha value is -1.32. The molecule has 4 heteroatoms. The van der Waals surface area contributed by atoms with Crippen molar-refractivity contribution < 1.29 is 19.4 Å². The van der Waals surface area contributed by atoms with Crippen LogP contribution in [-0.2, 0) is 14.3 Å². The van der Waals surface area contributed by atoms with Gasteiger partial charge in [0.2, 0.25) is 0 Å². The molecule has 1 saturated heterocycles.